The number of anilines is 1. The number of para-hydroxylation sites is 1. The average Bonchev–Trinajstić information content (AvgIpc) is 3.19. The van der Waals surface area contributed by atoms with Gasteiger partial charge in [0.05, 0.1) is 17.7 Å². The maximum atomic E-state index is 13.5. The molecule has 5 nitrogen and oxygen atoms in total. The van der Waals surface area contributed by atoms with Gasteiger partial charge in [-0.1, -0.05) is 59.9 Å². The number of thiazole rings is 1. The van der Waals surface area contributed by atoms with Crippen molar-refractivity contribution in [1.82, 2.24) is 9.88 Å². The summed E-state index contributed by atoms with van der Waals surface area (Å²) in [5.41, 5.74) is 1.85. The minimum absolute atomic E-state index is 0. The van der Waals surface area contributed by atoms with E-state index in [1.54, 1.807) is 0 Å². The monoisotopic (exact) mass is 469 g/mol. The van der Waals surface area contributed by atoms with Crippen LogP contribution in [0.3, 0.4) is 0 Å². The van der Waals surface area contributed by atoms with Crippen LogP contribution in [0.1, 0.15) is 12.5 Å². The summed E-state index contributed by atoms with van der Waals surface area (Å²) in [6, 6.07) is 20.3. The Bertz CT molecular complexity index is 1200. The van der Waals surface area contributed by atoms with Crippen LogP contribution in [-0.2, 0) is 11.2 Å². The first-order valence-electron chi connectivity index (χ1n) is 10.5. The normalized spacial score (nSPS) is 11.0. The predicted molar refractivity (Wildman–Crippen MR) is 137 cm³/mol. The zero-order valence-corrected chi connectivity index (χ0v) is 20.2. The van der Waals surface area contributed by atoms with Crippen molar-refractivity contribution >= 4 is 55.8 Å². The summed E-state index contributed by atoms with van der Waals surface area (Å²) in [5.74, 6) is 0.812. The Balaban J connectivity index is 0.00000289. The molecule has 4 aromatic rings. The molecule has 0 unspecified atom stereocenters. The quantitative estimate of drug-likeness (QED) is 0.346. The number of amides is 1. The van der Waals surface area contributed by atoms with Crippen LogP contribution in [0.5, 0.6) is 5.75 Å². The van der Waals surface area contributed by atoms with Gasteiger partial charge in [0, 0.05) is 13.1 Å². The predicted octanol–water partition coefficient (Wildman–Crippen LogP) is 5.41. The standard InChI is InChI=1S/C25H27N3O2S.ClH/c1-4-30-21-13-8-14-22-24(21)26-25(31-22)28(16-15-27(2)3)23(29)17-19-11-7-10-18-9-5-6-12-20(18)19;/h5-14H,4,15-17H2,1-3H3;1H. The summed E-state index contributed by atoms with van der Waals surface area (Å²) in [7, 11) is 4.03. The largest absolute Gasteiger partial charge is 0.492 e. The molecule has 7 heteroatoms. The molecule has 0 spiro atoms. The van der Waals surface area contributed by atoms with Crippen LogP contribution < -0.4 is 9.64 Å². The number of hydrogen-bond acceptors (Lipinski definition) is 5. The van der Waals surface area contributed by atoms with Gasteiger partial charge in [-0.3, -0.25) is 9.69 Å². The Hall–Kier alpha value is -2.67. The topological polar surface area (TPSA) is 45.7 Å². The van der Waals surface area contributed by atoms with E-state index in [1.807, 2.05) is 68.4 Å². The molecule has 0 fully saturated rings. The maximum absolute atomic E-state index is 13.5. The van der Waals surface area contributed by atoms with E-state index >= 15 is 0 Å². The van der Waals surface area contributed by atoms with Crippen molar-refractivity contribution in [1.29, 1.82) is 0 Å². The molecule has 168 valence electrons. The molecule has 1 amide bonds. The minimum Gasteiger partial charge on any atom is -0.492 e. The molecule has 0 bridgehead atoms. The first-order valence-corrected chi connectivity index (χ1v) is 11.3. The molecule has 1 heterocycles. The van der Waals surface area contributed by atoms with Gasteiger partial charge in [0.25, 0.3) is 0 Å². The minimum atomic E-state index is 0. The summed E-state index contributed by atoms with van der Waals surface area (Å²) in [6.07, 6.45) is 0.336. The van der Waals surface area contributed by atoms with Gasteiger partial charge in [-0.05, 0) is 49.5 Å². The maximum Gasteiger partial charge on any atom is 0.233 e. The first kappa shape index (κ1) is 24.0. The third-order valence-electron chi connectivity index (χ3n) is 5.19. The van der Waals surface area contributed by atoms with E-state index in [-0.39, 0.29) is 18.3 Å². The summed E-state index contributed by atoms with van der Waals surface area (Å²) < 4.78 is 6.77. The Morgan fingerprint density at radius 2 is 1.75 bits per heavy atom. The van der Waals surface area contributed by atoms with Gasteiger partial charge in [-0.25, -0.2) is 4.98 Å². The van der Waals surface area contributed by atoms with E-state index < -0.39 is 0 Å². The van der Waals surface area contributed by atoms with E-state index in [4.69, 9.17) is 9.72 Å². The Labute approximate surface area is 199 Å². The second-order valence-electron chi connectivity index (χ2n) is 7.70. The Kier molecular flexibility index (Phi) is 8.07. The molecule has 0 N–H and O–H groups in total. The van der Waals surface area contributed by atoms with Crippen molar-refractivity contribution in [3.05, 3.63) is 66.2 Å². The Morgan fingerprint density at radius 1 is 1.00 bits per heavy atom. The van der Waals surface area contributed by atoms with Gasteiger partial charge >= 0.3 is 0 Å². The first-order chi connectivity index (χ1) is 15.1. The average molecular weight is 470 g/mol. The molecule has 0 aliphatic carbocycles. The van der Waals surface area contributed by atoms with Crippen molar-refractivity contribution in [3.8, 4) is 5.75 Å². The molecule has 0 aliphatic rings. The van der Waals surface area contributed by atoms with Gasteiger partial charge in [0.1, 0.15) is 11.3 Å². The van der Waals surface area contributed by atoms with E-state index in [1.165, 1.54) is 11.3 Å². The third-order valence-corrected chi connectivity index (χ3v) is 6.24. The highest BCUT2D eigenvalue weighted by Gasteiger charge is 2.22. The second-order valence-corrected chi connectivity index (χ2v) is 8.71. The number of aromatic nitrogens is 1. The number of halogens is 1. The lowest BCUT2D eigenvalue weighted by atomic mass is 10.0. The van der Waals surface area contributed by atoms with Crippen molar-refractivity contribution in [2.24, 2.45) is 0 Å². The van der Waals surface area contributed by atoms with Crippen LogP contribution in [0, 0.1) is 0 Å². The van der Waals surface area contributed by atoms with Crippen LogP contribution in [0.15, 0.2) is 60.7 Å². The van der Waals surface area contributed by atoms with Crippen molar-refractivity contribution in [2.75, 3.05) is 38.7 Å². The summed E-state index contributed by atoms with van der Waals surface area (Å²) in [5, 5.41) is 2.98. The van der Waals surface area contributed by atoms with E-state index in [9.17, 15) is 4.79 Å². The molecule has 1 aromatic heterocycles. The molecular formula is C25H28ClN3O2S. The highest BCUT2D eigenvalue weighted by atomic mass is 35.5. The lowest BCUT2D eigenvalue weighted by molar-refractivity contribution is -0.118. The van der Waals surface area contributed by atoms with Crippen molar-refractivity contribution < 1.29 is 9.53 Å². The zero-order chi connectivity index (χ0) is 21.8. The molecule has 0 aliphatic heterocycles. The molecule has 0 atom stereocenters. The smallest absolute Gasteiger partial charge is 0.233 e. The highest BCUT2D eigenvalue weighted by Crippen LogP contribution is 2.34. The molecule has 3 aromatic carbocycles. The van der Waals surface area contributed by atoms with Crippen LogP contribution in [0.25, 0.3) is 21.0 Å². The van der Waals surface area contributed by atoms with Crippen LogP contribution in [0.4, 0.5) is 5.13 Å². The summed E-state index contributed by atoms with van der Waals surface area (Å²) in [4.78, 5) is 22.2. The highest BCUT2D eigenvalue weighted by molar-refractivity contribution is 7.22. The fraction of sp³-hybridized carbons (Fsp3) is 0.280. The number of nitrogens with zero attached hydrogens (tertiary/aromatic N) is 3. The number of carbonyl (C=O) groups excluding carboxylic acids is 1. The number of fused-ring (bicyclic) bond motifs is 2. The number of rotatable bonds is 8. The molecule has 0 radical (unpaired) electrons. The number of likely N-dealkylation sites (N-methyl/N-ethyl adjacent to an activating group) is 1. The van der Waals surface area contributed by atoms with Crippen LogP contribution >= 0.6 is 23.7 Å². The number of carbonyl (C=O) groups is 1. The summed E-state index contributed by atoms with van der Waals surface area (Å²) in [6.45, 7) is 3.88. The van der Waals surface area contributed by atoms with Crippen molar-refractivity contribution in [3.63, 3.8) is 0 Å². The lowest BCUT2D eigenvalue weighted by Crippen LogP contribution is -2.37. The van der Waals surface area contributed by atoms with Crippen molar-refractivity contribution in [2.45, 2.75) is 13.3 Å². The van der Waals surface area contributed by atoms with Gasteiger partial charge in [0.15, 0.2) is 5.13 Å². The van der Waals surface area contributed by atoms with Crippen LogP contribution in [0.2, 0.25) is 0 Å². The molecule has 0 saturated heterocycles. The third kappa shape index (κ3) is 5.21. The summed E-state index contributed by atoms with van der Waals surface area (Å²) >= 11 is 1.54. The fourth-order valence-electron chi connectivity index (χ4n) is 3.63. The lowest BCUT2D eigenvalue weighted by Gasteiger charge is -2.22. The van der Waals surface area contributed by atoms with E-state index in [0.717, 1.165) is 38.8 Å². The number of hydrogen-bond donors (Lipinski definition) is 0. The second kappa shape index (κ2) is 10.8. The van der Waals surface area contributed by atoms with Gasteiger partial charge in [-0.15, -0.1) is 12.4 Å². The molecule has 0 saturated carbocycles. The number of benzene rings is 3. The number of ether oxygens (including phenoxy) is 1. The fourth-order valence-corrected chi connectivity index (χ4v) is 4.66. The molecule has 4 rings (SSSR count). The SMILES string of the molecule is CCOc1cccc2sc(N(CCN(C)C)C(=O)Cc3cccc4ccccc34)nc12.Cl. The van der Waals surface area contributed by atoms with E-state index in [2.05, 4.69) is 23.1 Å². The van der Waals surface area contributed by atoms with Gasteiger partial charge in [0.2, 0.25) is 5.91 Å². The Morgan fingerprint density at radius 3 is 2.53 bits per heavy atom. The van der Waals surface area contributed by atoms with Crippen LogP contribution in [-0.4, -0.2) is 49.6 Å². The van der Waals surface area contributed by atoms with Gasteiger partial charge in [-0.2, -0.15) is 0 Å². The zero-order valence-electron chi connectivity index (χ0n) is 18.6. The molecule has 32 heavy (non-hydrogen) atoms. The molecular weight excluding hydrogens is 442 g/mol. The van der Waals surface area contributed by atoms with Gasteiger partial charge < -0.3 is 9.64 Å². The van der Waals surface area contributed by atoms with E-state index in [0.29, 0.717) is 24.7 Å².